The first-order chi connectivity index (χ1) is 10.2. The molecule has 0 spiro atoms. The van der Waals surface area contributed by atoms with Crippen molar-refractivity contribution in [3.8, 4) is 0 Å². The first-order valence-electron chi connectivity index (χ1n) is 7.32. The average molecular weight is 277 g/mol. The van der Waals surface area contributed by atoms with E-state index in [1.165, 1.54) is 10.8 Å². The quantitative estimate of drug-likeness (QED) is 0.528. The molecule has 0 fully saturated rings. The number of nitrogens with zero attached hydrogens (tertiary/aromatic N) is 1. The van der Waals surface area contributed by atoms with Crippen LogP contribution in [0.15, 0.2) is 54.6 Å². The third kappa shape index (κ3) is 2.67. The zero-order chi connectivity index (χ0) is 14.8. The molecule has 0 heterocycles. The van der Waals surface area contributed by atoms with E-state index in [2.05, 4.69) is 37.3 Å². The van der Waals surface area contributed by atoms with Gasteiger partial charge < -0.3 is 0 Å². The van der Waals surface area contributed by atoms with Crippen molar-refractivity contribution in [3.05, 3.63) is 60.2 Å². The maximum atomic E-state index is 12.5. The Hall–Kier alpha value is -2.19. The summed E-state index contributed by atoms with van der Waals surface area (Å²) in [7, 11) is 1.97. The van der Waals surface area contributed by atoms with Gasteiger partial charge in [-0.15, -0.1) is 0 Å². The summed E-state index contributed by atoms with van der Waals surface area (Å²) in [6, 6.07) is 18.5. The van der Waals surface area contributed by atoms with Gasteiger partial charge in [0, 0.05) is 5.56 Å². The lowest BCUT2D eigenvalue weighted by molar-refractivity contribution is 0.0950. The predicted molar refractivity (Wildman–Crippen MR) is 89.0 cm³/mol. The number of fused-ring (bicyclic) bond motifs is 2. The number of hydrogen-bond acceptors (Lipinski definition) is 2. The minimum Gasteiger partial charge on any atom is -0.299 e. The van der Waals surface area contributed by atoms with Crippen molar-refractivity contribution in [2.75, 3.05) is 20.1 Å². The van der Waals surface area contributed by atoms with Crippen molar-refractivity contribution >= 4 is 27.3 Å². The minimum absolute atomic E-state index is 0.181. The Balaban J connectivity index is 2.14. The molecule has 0 saturated heterocycles. The van der Waals surface area contributed by atoms with Crippen LogP contribution in [-0.4, -0.2) is 30.8 Å². The molecule has 0 aliphatic rings. The van der Waals surface area contributed by atoms with Crippen LogP contribution in [0.5, 0.6) is 0 Å². The third-order valence-electron chi connectivity index (χ3n) is 4.00. The monoisotopic (exact) mass is 277 g/mol. The van der Waals surface area contributed by atoms with E-state index in [0.29, 0.717) is 6.54 Å². The smallest absolute Gasteiger partial charge is 0.177 e. The normalized spacial score (nSPS) is 11.4. The number of Topliss-reactive ketones (excluding diaryl/α,β-unsaturated/α-hetero) is 1. The lowest BCUT2D eigenvalue weighted by atomic mass is 9.97. The van der Waals surface area contributed by atoms with E-state index in [9.17, 15) is 4.79 Å². The van der Waals surface area contributed by atoms with E-state index in [0.717, 1.165) is 22.9 Å². The average Bonchev–Trinajstić information content (AvgIpc) is 2.52. The molecule has 0 unspecified atom stereocenters. The second-order valence-corrected chi connectivity index (χ2v) is 5.48. The van der Waals surface area contributed by atoms with Crippen LogP contribution in [0.4, 0.5) is 0 Å². The van der Waals surface area contributed by atoms with Crippen molar-refractivity contribution < 1.29 is 4.79 Å². The van der Waals surface area contributed by atoms with Crippen LogP contribution in [-0.2, 0) is 0 Å². The largest absolute Gasteiger partial charge is 0.299 e. The van der Waals surface area contributed by atoms with Gasteiger partial charge in [0.25, 0.3) is 0 Å². The molecule has 0 aromatic heterocycles. The number of carbonyl (C=O) groups is 1. The van der Waals surface area contributed by atoms with Crippen LogP contribution in [0, 0.1) is 0 Å². The number of carbonyl (C=O) groups excluding carboxylic acids is 1. The molecule has 0 atom stereocenters. The van der Waals surface area contributed by atoms with Crippen molar-refractivity contribution in [2.24, 2.45) is 0 Å². The topological polar surface area (TPSA) is 20.3 Å². The van der Waals surface area contributed by atoms with Crippen LogP contribution >= 0.6 is 0 Å². The summed E-state index contributed by atoms with van der Waals surface area (Å²) in [5.41, 5.74) is 0.818. The summed E-state index contributed by atoms with van der Waals surface area (Å²) in [6.07, 6.45) is 0. The molecule has 0 saturated carbocycles. The Morgan fingerprint density at radius 2 is 1.62 bits per heavy atom. The minimum atomic E-state index is 0.181. The molecule has 0 N–H and O–H groups in total. The summed E-state index contributed by atoms with van der Waals surface area (Å²) in [5.74, 6) is 0.181. The summed E-state index contributed by atoms with van der Waals surface area (Å²) >= 11 is 0. The van der Waals surface area contributed by atoms with Crippen molar-refractivity contribution in [1.29, 1.82) is 0 Å². The molecule has 0 amide bonds. The molecule has 3 aromatic rings. The van der Waals surface area contributed by atoms with Crippen molar-refractivity contribution in [1.82, 2.24) is 4.90 Å². The molecule has 0 radical (unpaired) electrons. The van der Waals surface area contributed by atoms with Crippen LogP contribution in [0.25, 0.3) is 21.5 Å². The van der Waals surface area contributed by atoms with Gasteiger partial charge in [-0.25, -0.2) is 0 Å². The van der Waals surface area contributed by atoms with E-state index >= 15 is 0 Å². The molecule has 21 heavy (non-hydrogen) atoms. The van der Waals surface area contributed by atoms with Crippen LogP contribution in [0.1, 0.15) is 17.3 Å². The fourth-order valence-electron chi connectivity index (χ4n) is 2.65. The van der Waals surface area contributed by atoms with Crippen molar-refractivity contribution in [2.45, 2.75) is 6.92 Å². The molecular weight excluding hydrogens is 258 g/mol. The van der Waals surface area contributed by atoms with E-state index < -0.39 is 0 Å². The zero-order valence-electron chi connectivity index (χ0n) is 12.5. The molecular formula is C19H19NO. The Kier molecular flexibility index (Phi) is 3.72. The first-order valence-corrected chi connectivity index (χ1v) is 7.32. The molecule has 0 bridgehead atoms. The van der Waals surface area contributed by atoms with Gasteiger partial charge in [0.1, 0.15) is 0 Å². The van der Waals surface area contributed by atoms with E-state index in [1.807, 2.05) is 36.2 Å². The van der Waals surface area contributed by atoms with Crippen LogP contribution < -0.4 is 0 Å². The highest BCUT2D eigenvalue weighted by atomic mass is 16.1. The Bertz CT molecular complexity index is 807. The SMILES string of the molecule is CCN(C)CC(=O)c1cccc2cc3ccccc3cc12. The van der Waals surface area contributed by atoms with Gasteiger partial charge in [-0.2, -0.15) is 0 Å². The predicted octanol–water partition coefficient (Wildman–Crippen LogP) is 4.13. The van der Waals surface area contributed by atoms with Gasteiger partial charge in [0.2, 0.25) is 0 Å². The number of hydrogen-bond donors (Lipinski definition) is 0. The van der Waals surface area contributed by atoms with Crippen molar-refractivity contribution in [3.63, 3.8) is 0 Å². The van der Waals surface area contributed by atoms with E-state index in [-0.39, 0.29) is 5.78 Å². The standard InChI is InChI=1S/C19H19NO/c1-3-20(2)13-19(21)17-10-6-9-16-11-14-7-4-5-8-15(14)12-18(16)17/h4-12H,3,13H2,1-2H3. The molecule has 0 aliphatic carbocycles. The van der Waals surface area contributed by atoms with Gasteiger partial charge in [0.15, 0.2) is 5.78 Å². The lowest BCUT2D eigenvalue weighted by Gasteiger charge is -2.14. The number of rotatable bonds is 4. The number of likely N-dealkylation sites (N-methyl/N-ethyl adjacent to an activating group) is 1. The van der Waals surface area contributed by atoms with E-state index in [4.69, 9.17) is 0 Å². The highest BCUT2D eigenvalue weighted by Crippen LogP contribution is 2.25. The van der Waals surface area contributed by atoms with Gasteiger partial charge in [-0.1, -0.05) is 49.4 Å². The third-order valence-corrected chi connectivity index (χ3v) is 4.00. The summed E-state index contributed by atoms with van der Waals surface area (Å²) in [4.78, 5) is 14.6. The fourth-order valence-corrected chi connectivity index (χ4v) is 2.65. The fraction of sp³-hybridized carbons (Fsp3) is 0.211. The van der Waals surface area contributed by atoms with Gasteiger partial charge in [-0.05, 0) is 47.3 Å². The van der Waals surface area contributed by atoms with Crippen LogP contribution in [0.2, 0.25) is 0 Å². The maximum absolute atomic E-state index is 12.5. The lowest BCUT2D eigenvalue weighted by Crippen LogP contribution is -2.25. The summed E-state index contributed by atoms with van der Waals surface area (Å²) in [6.45, 7) is 3.39. The molecule has 3 rings (SSSR count). The second kappa shape index (κ2) is 5.66. The Labute approximate surface area is 125 Å². The highest BCUT2D eigenvalue weighted by molar-refractivity contribution is 6.12. The highest BCUT2D eigenvalue weighted by Gasteiger charge is 2.12. The molecule has 2 nitrogen and oxygen atoms in total. The first kappa shape index (κ1) is 13.8. The second-order valence-electron chi connectivity index (χ2n) is 5.48. The summed E-state index contributed by atoms with van der Waals surface area (Å²) in [5, 5.41) is 4.55. The number of benzene rings is 3. The van der Waals surface area contributed by atoms with Gasteiger partial charge in [0.05, 0.1) is 6.54 Å². The zero-order valence-corrected chi connectivity index (χ0v) is 12.5. The molecule has 106 valence electrons. The summed E-state index contributed by atoms with van der Waals surface area (Å²) < 4.78 is 0. The number of ketones is 1. The van der Waals surface area contributed by atoms with Crippen LogP contribution in [0.3, 0.4) is 0 Å². The molecule has 2 heteroatoms. The van der Waals surface area contributed by atoms with Gasteiger partial charge >= 0.3 is 0 Å². The Morgan fingerprint density at radius 3 is 2.33 bits per heavy atom. The van der Waals surface area contributed by atoms with E-state index in [1.54, 1.807) is 0 Å². The maximum Gasteiger partial charge on any atom is 0.177 e. The van der Waals surface area contributed by atoms with Gasteiger partial charge in [-0.3, -0.25) is 9.69 Å². The Morgan fingerprint density at radius 1 is 0.952 bits per heavy atom. The molecule has 3 aromatic carbocycles. The molecule has 0 aliphatic heterocycles.